The molecule has 0 radical (unpaired) electrons. The van der Waals surface area contributed by atoms with E-state index in [-0.39, 0.29) is 5.82 Å². The van der Waals surface area contributed by atoms with Gasteiger partial charge in [-0.1, -0.05) is 11.6 Å². The normalized spacial score (nSPS) is 12.6. The molecule has 0 unspecified atom stereocenters. The Morgan fingerprint density at radius 3 is 2.21 bits per heavy atom. The van der Waals surface area contributed by atoms with Crippen LogP contribution in [0.15, 0.2) is 6.07 Å². The molecule has 0 saturated heterocycles. The highest BCUT2D eigenvalue weighted by atomic mass is 35.5. The number of aromatic nitrogens is 2. The monoisotopic (exact) mass is 307 g/mol. The maximum Gasteiger partial charge on any atom is 0.451 e. The molecule has 19 heavy (non-hydrogen) atoms. The molecule has 0 fully saturated rings. The minimum atomic E-state index is -4.81. The standard InChI is InChI=1S/C9H8ClF6N3/c1-19(3-2-8(11,12)13)6-4-5(10)17-7(18-6)9(14,15)16/h4H,2-3H2,1H3. The molecule has 0 aliphatic heterocycles. The summed E-state index contributed by atoms with van der Waals surface area (Å²) in [4.78, 5) is 7.05. The Hall–Kier alpha value is -1.25. The maximum absolute atomic E-state index is 12.4. The number of hydrogen-bond donors (Lipinski definition) is 0. The Kier molecular flexibility index (Phi) is 4.49. The van der Waals surface area contributed by atoms with Crippen molar-refractivity contribution in [1.82, 2.24) is 9.97 Å². The Morgan fingerprint density at radius 1 is 1.16 bits per heavy atom. The van der Waals surface area contributed by atoms with Crippen LogP contribution in [0.1, 0.15) is 12.2 Å². The van der Waals surface area contributed by atoms with Crippen molar-refractivity contribution in [2.24, 2.45) is 0 Å². The van der Waals surface area contributed by atoms with Gasteiger partial charge in [0.2, 0.25) is 5.82 Å². The predicted molar refractivity (Wildman–Crippen MR) is 56.0 cm³/mol. The van der Waals surface area contributed by atoms with E-state index in [1.54, 1.807) is 0 Å². The number of rotatable bonds is 3. The molecule has 0 saturated carbocycles. The Morgan fingerprint density at radius 2 is 1.74 bits per heavy atom. The van der Waals surface area contributed by atoms with E-state index in [0.717, 1.165) is 11.0 Å². The van der Waals surface area contributed by atoms with Crippen LogP contribution in [0, 0.1) is 0 Å². The predicted octanol–water partition coefficient (Wildman–Crippen LogP) is 3.54. The van der Waals surface area contributed by atoms with Gasteiger partial charge in [-0.15, -0.1) is 0 Å². The fourth-order valence-electron chi connectivity index (χ4n) is 1.14. The minimum Gasteiger partial charge on any atom is -0.359 e. The van der Waals surface area contributed by atoms with Gasteiger partial charge in [-0.2, -0.15) is 26.3 Å². The molecule has 1 aromatic rings. The van der Waals surface area contributed by atoms with Crippen LogP contribution in [0.3, 0.4) is 0 Å². The second-order valence-corrected chi connectivity index (χ2v) is 4.04. The molecule has 0 N–H and O–H groups in total. The molecule has 1 rings (SSSR count). The zero-order chi connectivity index (χ0) is 14.8. The second kappa shape index (κ2) is 5.40. The molecule has 0 aromatic carbocycles. The molecule has 0 aliphatic rings. The highest BCUT2D eigenvalue weighted by Crippen LogP contribution is 2.29. The zero-order valence-corrected chi connectivity index (χ0v) is 10.2. The Labute approximate surface area is 109 Å². The summed E-state index contributed by atoms with van der Waals surface area (Å²) in [6.07, 6.45) is -10.4. The van der Waals surface area contributed by atoms with Crippen LogP contribution in [0.4, 0.5) is 32.2 Å². The summed E-state index contributed by atoms with van der Waals surface area (Å²) in [6, 6.07) is 0.965. The summed E-state index contributed by atoms with van der Waals surface area (Å²) < 4.78 is 73.3. The summed E-state index contributed by atoms with van der Waals surface area (Å²) in [5, 5.41) is -0.490. The highest BCUT2D eigenvalue weighted by Gasteiger charge is 2.36. The lowest BCUT2D eigenvalue weighted by atomic mass is 10.3. The van der Waals surface area contributed by atoms with Crippen LogP contribution in [0.25, 0.3) is 0 Å². The van der Waals surface area contributed by atoms with Gasteiger partial charge in [0, 0.05) is 19.7 Å². The Balaban J connectivity index is 2.91. The summed E-state index contributed by atoms with van der Waals surface area (Å²) >= 11 is 5.39. The minimum absolute atomic E-state index is 0.323. The van der Waals surface area contributed by atoms with Crippen LogP contribution >= 0.6 is 11.6 Å². The van der Waals surface area contributed by atoms with Crippen molar-refractivity contribution in [3.63, 3.8) is 0 Å². The Bertz CT molecular complexity index is 445. The zero-order valence-electron chi connectivity index (χ0n) is 9.48. The second-order valence-electron chi connectivity index (χ2n) is 3.66. The third-order valence-electron chi connectivity index (χ3n) is 2.06. The third-order valence-corrected chi connectivity index (χ3v) is 2.25. The number of hydrogen-bond acceptors (Lipinski definition) is 3. The molecule has 0 spiro atoms. The molecule has 0 amide bonds. The quantitative estimate of drug-likeness (QED) is 0.632. The molecule has 1 heterocycles. The average molecular weight is 308 g/mol. The summed E-state index contributed by atoms with van der Waals surface area (Å²) in [5.74, 6) is -1.81. The molecule has 108 valence electrons. The molecule has 1 aromatic heterocycles. The smallest absolute Gasteiger partial charge is 0.359 e. The highest BCUT2D eigenvalue weighted by molar-refractivity contribution is 6.29. The van der Waals surface area contributed by atoms with Crippen LogP contribution in [0.5, 0.6) is 0 Å². The number of anilines is 1. The molecule has 0 aliphatic carbocycles. The van der Waals surface area contributed by atoms with Crippen LogP contribution in [0.2, 0.25) is 5.15 Å². The number of nitrogens with zero attached hydrogens (tertiary/aromatic N) is 3. The van der Waals surface area contributed by atoms with E-state index in [4.69, 9.17) is 11.6 Å². The largest absolute Gasteiger partial charge is 0.451 e. The van der Waals surface area contributed by atoms with E-state index in [1.807, 2.05) is 0 Å². The lowest BCUT2D eigenvalue weighted by Crippen LogP contribution is -2.26. The maximum atomic E-state index is 12.4. The van der Waals surface area contributed by atoms with Crippen molar-refractivity contribution < 1.29 is 26.3 Å². The molecule has 0 atom stereocenters. The fraction of sp³-hybridized carbons (Fsp3) is 0.556. The van der Waals surface area contributed by atoms with Crippen molar-refractivity contribution >= 4 is 17.4 Å². The van der Waals surface area contributed by atoms with Crippen molar-refractivity contribution in [2.45, 2.75) is 18.8 Å². The summed E-state index contributed by atoms with van der Waals surface area (Å²) in [6.45, 7) is -0.534. The molecular weight excluding hydrogens is 300 g/mol. The molecule has 0 bridgehead atoms. The first kappa shape index (κ1) is 15.8. The lowest BCUT2D eigenvalue weighted by molar-refractivity contribution is -0.145. The van der Waals surface area contributed by atoms with E-state index in [9.17, 15) is 26.3 Å². The number of alkyl halides is 6. The first-order valence-electron chi connectivity index (χ1n) is 4.89. The molecular formula is C9H8ClF6N3. The fourth-order valence-corrected chi connectivity index (χ4v) is 1.31. The lowest BCUT2D eigenvalue weighted by Gasteiger charge is -2.20. The first-order chi connectivity index (χ1) is 8.49. The SMILES string of the molecule is CN(CCC(F)(F)F)c1cc(Cl)nc(C(F)(F)F)n1. The van der Waals surface area contributed by atoms with Crippen LogP contribution in [-0.4, -0.2) is 29.7 Å². The van der Waals surface area contributed by atoms with Crippen LogP contribution < -0.4 is 4.90 Å². The van der Waals surface area contributed by atoms with E-state index in [0.29, 0.717) is 0 Å². The van der Waals surface area contributed by atoms with Gasteiger partial charge in [-0.25, -0.2) is 9.97 Å². The van der Waals surface area contributed by atoms with E-state index < -0.39 is 36.3 Å². The first-order valence-corrected chi connectivity index (χ1v) is 5.26. The van der Waals surface area contributed by atoms with Crippen molar-refractivity contribution in [2.75, 3.05) is 18.5 Å². The van der Waals surface area contributed by atoms with E-state index >= 15 is 0 Å². The molecule has 10 heteroatoms. The van der Waals surface area contributed by atoms with Gasteiger partial charge in [0.05, 0.1) is 6.42 Å². The summed E-state index contributed by atoms with van der Waals surface area (Å²) in [5.41, 5.74) is 0. The van der Waals surface area contributed by atoms with Crippen molar-refractivity contribution in [3.05, 3.63) is 17.0 Å². The van der Waals surface area contributed by atoms with Crippen molar-refractivity contribution in [1.29, 1.82) is 0 Å². The van der Waals surface area contributed by atoms with Gasteiger partial charge in [-0.05, 0) is 0 Å². The van der Waals surface area contributed by atoms with Crippen LogP contribution in [-0.2, 0) is 6.18 Å². The van der Waals surface area contributed by atoms with E-state index in [1.165, 1.54) is 7.05 Å². The van der Waals surface area contributed by atoms with Gasteiger partial charge in [0.15, 0.2) is 0 Å². The third kappa shape index (κ3) is 5.09. The summed E-state index contributed by atoms with van der Waals surface area (Å²) in [7, 11) is 1.19. The van der Waals surface area contributed by atoms with Gasteiger partial charge in [-0.3, -0.25) is 0 Å². The topological polar surface area (TPSA) is 29.0 Å². The van der Waals surface area contributed by atoms with Gasteiger partial charge in [0.1, 0.15) is 11.0 Å². The van der Waals surface area contributed by atoms with Gasteiger partial charge in [0.25, 0.3) is 0 Å². The van der Waals surface area contributed by atoms with Gasteiger partial charge < -0.3 is 4.90 Å². The number of halogens is 7. The molecule has 3 nitrogen and oxygen atoms in total. The van der Waals surface area contributed by atoms with Crippen molar-refractivity contribution in [3.8, 4) is 0 Å². The van der Waals surface area contributed by atoms with E-state index in [2.05, 4.69) is 9.97 Å². The average Bonchev–Trinajstić information content (AvgIpc) is 2.22. The van der Waals surface area contributed by atoms with Gasteiger partial charge >= 0.3 is 12.4 Å².